The summed E-state index contributed by atoms with van der Waals surface area (Å²) in [4.78, 5) is 10.2. The zero-order valence-corrected chi connectivity index (χ0v) is 15.7. The number of hydrogen-bond donors (Lipinski definition) is 1. The Morgan fingerprint density at radius 1 is 1.04 bits per heavy atom. The van der Waals surface area contributed by atoms with E-state index in [1.165, 1.54) is 0 Å². The summed E-state index contributed by atoms with van der Waals surface area (Å²) < 4.78 is 7.04. The SMILES string of the molecule is CN1CCN(ONCN2c3ccccc3Oc3ccc(Br)cc32)CC1. The van der Waals surface area contributed by atoms with Gasteiger partial charge in [-0.05, 0) is 37.4 Å². The molecule has 4 rings (SSSR count). The Balaban J connectivity index is 1.49. The normalized spacial score (nSPS) is 17.8. The first-order valence-corrected chi connectivity index (χ1v) is 9.17. The number of nitrogens with zero attached hydrogens (tertiary/aromatic N) is 3. The van der Waals surface area contributed by atoms with E-state index in [1.54, 1.807) is 0 Å². The Morgan fingerprint density at radius 3 is 2.64 bits per heavy atom. The summed E-state index contributed by atoms with van der Waals surface area (Å²) in [7, 11) is 2.13. The summed E-state index contributed by atoms with van der Waals surface area (Å²) in [5.74, 6) is 1.68. The second-order valence-corrected chi connectivity index (χ2v) is 7.15. The highest BCUT2D eigenvalue weighted by molar-refractivity contribution is 9.10. The number of rotatable bonds is 4. The van der Waals surface area contributed by atoms with Gasteiger partial charge in [-0.25, -0.2) is 4.94 Å². The van der Waals surface area contributed by atoms with Crippen LogP contribution in [-0.4, -0.2) is 49.9 Å². The maximum absolute atomic E-state index is 6.02. The lowest BCUT2D eigenvalue weighted by Gasteiger charge is -2.34. The molecule has 0 atom stereocenters. The van der Waals surface area contributed by atoms with E-state index in [-0.39, 0.29) is 0 Å². The van der Waals surface area contributed by atoms with Gasteiger partial charge in [0.15, 0.2) is 11.5 Å². The molecule has 0 aliphatic carbocycles. The van der Waals surface area contributed by atoms with Crippen molar-refractivity contribution >= 4 is 27.3 Å². The van der Waals surface area contributed by atoms with Crippen molar-refractivity contribution in [1.82, 2.24) is 15.4 Å². The molecule has 0 aromatic heterocycles. The maximum atomic E-state index is 6.02. The molecule has 1 N–H and O–H groups in total. The fraction of sp³-hybridized carbons (Fsp3) is 0.333. The van der Waals surface area contributed by atoms with E-state index in [2.05, 4.69) is 50.4 Å². The molecule has 2 heterocycles. The third-order valence-corrected chi connectivity index (χ3v) is 4.96. The highest BCUT2D eigenvalue weighted by Gasteiger charge is 2.24. The molecular formula is C18H21BrN4O2. The quantitative estimate of drug-likeness (QED) is 0.788. The number of benzene rings is 2. The van der Waals surface area contributed by atoms with E-state index >= 15 is 0 Å². The van der Waals surface area contributed by atoms with Crippen molar-refractivity contribution in [3.63, 3.8) is 0 Å². The third kappa shape index (κ3) is 3.65. The third-order valence-electron chi connectivity index (χ3n) is 4.47. The van der Waals surface area contributed by atoms with Gasteiger partial charge in [-0.2, -0.15) is 10.5 Å². The van der Waals surface area contributed by atoms with Crippen molar-refractivity contribution in [2.24, 2.45) is 0 Å². The van der Waals surface area contributed by atoms with Crippen LogP contribution in [0.15, 0.2) is 46.9 Å². The van der Waals surface area contributed by atoms with E-state index in [1.807, 2.05) is 35.4 Å². The first-order chi connectivity index (χ1) is 12.2. The minimum Gasteiger partial charge on any atom is -0.453 e. The van der Waals surface area contributed by atoms with Crippen molar-refractivity contribution in [1.29, 1.82) is 0 Å². The Kier molecular flexibility index (Phi) is 4.91. The maximum Gasteiger partial charge on any atom is 0.151 e. The summed E-state index contributed by atoms with van der Waals surface area (Å²) in [6.07, 6.45) is 0. The molecule has 6 nitrogen and oxygen atoms in total. The summed E-state index contributed by atoms with van der Waals surface area (Å²) >= 11 is 3.55. The minimum atomic E-state index is 0.524. The lowest BCUT2D eigenvalue weighted by Crippen LogP contribution is -2.47. The topological polar surface area (TPSA) is 40.2 Å². The molecule has 7 heteroatoms. The number of para-hydroxylation sites is 2. The second-order valence-electron chi connectivity index (χ2n) is 6.24. The highest BCUT2D eigenvalue weighted by Crippen LogP contribution is 2.46. The number of hydrogen-bond acceptors (Lipinski definition) is 6. The van der Waals surface area contributed by atoms with Crippen molar-refractivity contribution < 1.29 is 9.68 Å². The Hall–Kier alpha value is -1.64. The zero-order chi connectivity index (χ0) is 17.2. The lowest BCUT2D eigenvalue weighted by molar-refractivity contribution is -0.221. The zero-order valence-electron chi connectivity index (χ0n) is 14.1. The van der Waals surface area contributed by atoms with Crippen LogP contribution in [0.4, 0.5) is 11.4 Å². The molecule has 0 amide bonds. The highest BCUT2D eigenvalue weighted by atomic mass is 79.9. The molecule has 1 saturated heterocycles. The van der Waals surface area contributed by atoms with Gasteiger partial charge in [0.2, 0.25) is 0 Å². The first kappa shape index (κ1) is 16.8. The predicted octanol–water partition coefficient (Wildman–Crippen LogP) is 3.33. The first-order valence-electron chi connectivity index (χ1n) is 8.38. The van der Waals surface area contributed by atoms with Gasteiger partial charge in [-0.15, -0.1) is 0 Å². The van der Waals surface area contributed by atoms with Gasteiger partial charge in [-0.1, -0.05) is 28.1 Å². The largest absolute Gasteiger partial charge is 0.453 e. The number of nitrogens with one attached hydrogen (secondary N) is 1. The molecule has 1 fully saturated rings. The summed E-state index contributed by atoms with van der Waals surface area (Å²) in [6, 6.07) is 14.0. The molecule has 0 spiro atoms. The van der Waals surface area contributed by atoms with Crippen LogP contribution in [0.5, 0.6) is 11.5 Å². The van der Waals surface area contributed by atoms with Crippen LogP contribution in [0.25, 0.3) is 0 Å². The van der Waals surface area contributed by atoms with E-state index < -0.39 is 0 Å². The van der Waals surface area contributed by atoms with Crippen LogP contribution in [0.1, 0.15) is 0 Å². The van der Waals surface area contributed by atoms with Crippen LogP contribution < -0.4 is 15.1 Å². The Bertz CT molecular complexity index is 750. The fourth-order valence-corrected chi connectivity index (χ4v) is 3.39. The smallest absolute Gasteiger partial charge is 0.151 e. The van der Waals surface area contributed by atoms with E-state index in [4.69, 9.17) is 9.68 Å². The lowest BCUT2D eigenvalue weighted by atomic mass is 10.2. The number of ether oxygens (including phenoxy) is 1. The van der Waals surface area contributed by atoms with Crippen LogP contribution in [0.2, 0.25) is 0 Å². The Labute approximate surface area is 155 Å². The van der Waals surface area contributed by atoms with Crippen molar-refractivity contribution in [2.45, 2.75) is 0 Å². The van der Waals surface area contributed by atoms with E-state index in [0.717, 1.165) is 53.5 Å². The number of hydroxylamine groups is 3. The molecule has 0 unspecified atom stereocenters. The van der Waals surface area contributed by atoms with Crippen molar-refractivity contribution in [3.8, 4) is 11.5 Å². The molecule has 2 aliphatic heterocycles. The molecule has 0 saturated carbocycles. The van der Waals surface area contributed by atoms with Gasteiger partial charge in [0, 0.05) is 30.7 Å². The van der Waals surface area contributed by atoms with Crippen LogP contribution in [-0.2, 0) is 4.94 Å². The molecule has 0 bridgehead atoms. The van der Waals surface area contributed by atoms with E-state index in [9.17, 15) is 0 Å². The molecule has 2 aromatic rings. The summed E-state index contributed by atoms with van der Waals surface area (Å²) in [6.45, 7) is 4.34. The predicted molar refractivity (Wildman–Crippen MR) is 101 cm³/mol. The number of halogens is 1. The number of likely N-dealkylation sites (N-methyl/N-ethyl adjacent to an activating group) is 1. The summed E-state index contributed by atoms with van der Waals surface area (Å²) in [5, 5.41) is 1.97. The standard InChI is InChI=1S/C18H21BrN4O2/c1-21-8-10-22(11-9-21)25-20-13-23-15-4-2-3-5-17(15)24-18-7-6-14(19)12-16(18)23/h2-7,12,20H,8-11,13H2,1H3. The van der Waals surface area contributed by atoms with Crippen molar-refractivity contribution in [3.05, 3.63) is 46.9 Å². The average molecular weight is 405 g/mol. The molecule has 2 aliphatic rings. The average Bonchev–Trinajstić information content (AvgIpc) is 2.63. The number of piperazine rings is 1. The molecule has 25 heavy (non-hydrogen) atoms. The second kappa shape index (κ2) is 7.31. The molecular weight excluding hydrogens is 384 g/mol. The number of fused-ring (bicyclic) bond motifs is 2. The molecule has 132 valence electrons. The summed E-state index contributed by atoms with van der Waals surface area (Å²) in [5.41, 5.74) is 5.12. The molecule has 2 aromatic carbocycles. The van der Waals surface area contributed by atoms with E-state index in [0.29, 0.717) is 6.67 Å². The van der Waals surface area contributed by atoms with Gasteiger partial charge < -0.3 is 14.5 Å². The van der Waals surface area contributed by atoms with Crippen molar-refractivity contribution in [2.75, 3.05) is 44.8 Å². The van der Waals surface area contributed by atoms with Gasteiger partial charge in [-0.3, -0.25) is 0 Å². The van der Waals surface area contributed by atoms with Gasteiger partial charge in [0.05, 0.1) is 18.0 Å². The number of anilines is 2. The van der Waals surface area contributed by atoms with Gasteiger partial charge in [0.25, 0.3) is 0 Å². The Morgan fingerprint density at radius 2 is 1.80 bits per heavy atom. The van der Waals surface area contributed by atoms with Crippen LogP contribution in [0.3, 0.4) is 0 Å². The minimum absolute atomic E-state index is 0.524. The van der Waals surface area contributed by atoms with Gasteiger partial charge in [0.1, 0.15) is 0 Å². The van der Waals surface area contributed by atoms with Crippen LogP contribution in [0, 0.1) is 0 Å². The van der Waals surface area contributed by atoms with Crippen LogP contribution >= 0.6 is 15.9 Å². The monoisotopic (exact) mass is 404 g/mol. The van der Waals surface area contributed by atoms with Gasteiger partial charge >= 0.3 is 0 Å². The molecule has 0 radical (unpaired) electrons. The fourth-order valence-electron chi connectivity index (χ4n) is 3.04.